The second kappa shape index (κ2) is 5.61. The lowest BCUT2D eigenvalue weighted by Crippen LogP contribution is -2.51. The topological polar surface area (TPSA) is 83.5 Å². The molecule has 0 heterocycles. The van der Waals surface area contributed by atoms with E-state index in [2.05, 4.69) is 5.32 Å². The Kier molecular flexibility index (Phi) is 4.47. The van der Waals surface area contributed by atoms with Crippen LogP contribution in [0.4, 0.5) is 0 Å². The molecule has 0 spiro atoms. The summed E-state index contributed by atoms with van der Waals surface area (Å²) in [5.74, 6) is -0.0296. The van der Waals surface area contributed by atoms with E-state index in [0.29, 0.717) is 24.6 Å². The predicted molar refractivity (Wildman–Crippen MR) is 76.3 cm³/mol. The number of carboxylic acid groups (broad SMARTS) is 1. The third kappa shape index (κ3) is 4.36. The zero-order chi connectivity index (χ0) is 14.1. The number of carbonyl (C=O) groups is 1. The highest BCUT2D eigenvalue weighted by Gasteiger charge is 2.48. The highest BCUT2D eigenvalue weighted by atomic mass is 32.2. The standard InChI is InChI=1S/C12H21NO4S2/c1-19(16,17)7-6-18-10-4-5-12(8-10,11(14)15)13-9-2-3-9/h9-10,13H,2-8H2,1H3,(H,14,15). The Morgan fingerprint density at radius 3 is 2.63 bits per heavy atom. The lowest BCUT2D eigenvalue weighted by molar-refractivity contribution is -0.144. The molecule has 7 heteroatoms. The van der Waals surface area contributed by atoms with Crippen molar-refractivity contribution in [2.75, 3.05) is 17.8 Å². The molecule has 2 N–H and O–H groups in total. The van der Waals surface area contributed by atoms with Gasteiger partial charge in [0.25, 0.3) is 0 Å². The molecule has 19 heavy (non-hydrogen) atoms. The van der Waals surface area contributed by atoms with E-state index in [1.807, 2.05) is 0 Å². The fraction of sp³-hybridized carbons (Fsp3) is 0.917. The van der Waals surface area contributed by atoms with E-state index in [9.17, 15) is 18.3 Å². The maximum absolute atomic E-state index is 11.5. The van der Waals surface area contributed by atoms with E-state index in [0.717, 1.165) is 19.3 Å². The van der Waals surface area contributed by atoms with Crippen molar-refractivity contribution in [2.24, 2.45) is 0 Å². The van der Waals surface area contributed by atoms with Gasteiger partial charge >= 0.3 is 5.97 Å². The van der Waals surface area contributed by atoms with Gasteiger partial charge < -0.3 is 5.11 Å². The molecule has 5 nitrogen and oxygen atoms in total. The Balaban J connectivity index is 1.84. The van der Waals surface area contributed by atoms with Gasteiger partial charge in [-0.1, -0.05) is 0 Å². The molecule has 2 saturated carbocycles. The Morgan fingerprint density at radius 1 is 1.42 bits per heavy atom. The largest absolute Gasteiger partial charge is 0.480 e. The van der Waals surface area contributed by atoms with Gasteiger partial charge in [0.05, 0.1) is 5.75 Å². The van der Waals surface area contributed by atoms with Crippen LogP contribution in [-0.4, -0.2) is 54.1 Å². The Morgan fingerprint density at radius 2 is 2.11 bits per heavy atom. The van der Waals surface area contributed by atoms with Gasteiger partial charge in [0.2, 0.25) is 0 Å². The molecular formula is C12H21NO4S2. The van der Waals surface area contributed by atoms with Crippen LogP contribution in [0.25, 0.3) is 0 Å². The van der Waals surface area contributed by atoms with Crippen LogP contribution >= 0.6 is 11.8 Å². The first-order valence-electron chi connectivity index (χ1n) is 6.61. The molecule has 2 aliphatic rings. The summed E-state index contributed by atoms with van der Waals surface area (Å²) in [6, 6.07) is 0.371. The van der Waals surface area contributed by atoms with Crippen LogP contribution in [0, 0.1) is 0 Å². The summed E-state index contributed by atoms with van der Waals surface area (Å²) in [6.45, 7) is 0. The molecule has 0 aliphatic heterocycles. The summed E-state index contributed by atoms with van der Waals surface area (Å²) < 4.78 is 22.1. The normalized spacial score (nSPS) is 31.5. The summed E-state index contributed by atoms with van der Waals surface area (Å²) in [5, 5.41) is 13.0. The molecule has 2 rings (SSSR count). The number of thioether (sulfide) groups is 1. The van der Waals surface area contributed by atoms with E-state index in [-0.39, 0.29) is 11.0 Å². The van der Waals surface area contributed by atoms with E-state index in [1.165, 1.54) is 6.26 Å². The molecule has 2 atom stereocenters. The molecule has 2 unspecified atom stereocenters. The third-order valence-electron chi connectivity index (χ3n) is 3.74. The minimum atomic E-state index is -2.92. The summed E-state index contributed by atoms with van der Waals surface area (Å²) >= 11 is 1.60. The molecule has 0 aromatic rings. The number of aliphatic carboxylic acids is 1. The predicted octanol–water partition coefficient (Wildman–Crippen LogP) is 0.892. The minimum absolute atomic E-state index is 0.171. The fourth-order valence-electron chi connectivity index (χ4n) is 2.51. The van der Waals surface area contributed by atoms with Crippen molar-refractivity contribution in [3.8, 4) is 0 Å². The van der Waals surface area contributed by atoms with Crippen LogP contribution < -0.4 is 5.32 Å². The molecule has 110 valence electrons. The number of carboxylic acids is 1. The minimum Gasteiger partial charge on any atom is -0.480 e. The molecule has 0 amide bonds. The van der Waals surface area contributed by atoms with Crippen molar-refractivity contribution in [1.29, 1.82) is 0 Å². The number of nitrogens with one attached hydrogen (secondary N) is 1. The first-order chi connectivity index (χ1) is 8.81. The second-order valence-electron chi connectivity index (χ2n) is 5.67. The van der Waals surface area contributed by atoms with Gasteiger partial charge in [-0.15, -0.1) is 0 Å². The Labute approximate surface area is 118 Å². The average molecular weight is 307 g/mol. The van der Waals surface area contributed by atoms with Crippen LogP contribution in [-0.2, 0) is 14.6 Å². The van der Waals surface area contributed by atoms with Crippen molar-refractivity contribution in [3.63, 3.8) is 0 Å². The fourth-order valence-corrected chi connectivity index (χ4v) is 5.13. The van der Waals surface area contributed by atoms with Gasteiger partial charge in [0.1, 0.15) is 15.4 Å². The van der Waals surface area contributed by atoms with E-state index in [1.54, 1.807) is 11.8 Å². The smallest absolute Gasteiger partial charge is 0.323 e. The third-order valence-corrected chi connectivity index (χ3v) is 6.26. The molecule has 2 fully saturated rings. The zero-order valence-corrected chi connectivity index (χ0v) is 12.7. The van der Waals surface area contributed by atoms with Gasteiger partial charge in [-0.25, -0.2) is 8.42 Å². The van der Waals surface area contributed by atoms with E-state index >= 15 is 0 Å². The van der Waals surface area contributed by atoms with E-state index in [4.69, 9.17) is 0 Å². The molecule has 0 aromatic heterocycles. The number of rotatable bonds is 7. The number of sulfone groups is 1. The number of hydrogen-bond acceptors (Lipinski definition) is 5. The number of hydrogen-bond donors (Lipinski definition) is 2. The molecular weight excluding hydrogens is 286 g/mol. The lowest BCUT2D eigenvalue weighted by Gasteiger charge is -2.26. The van der Waals surface area contributed by atoms with Gasteiger partial charge in [0.15, 0.2) is 0 Å². The van der Waals surface area contributed by atoms with Crippen LogP contribution in [0.3, 0.4) is 0 Å². The highest BCUT2D eigenvalue weighted by molar-refractivity contribution is 8.01. The Bertz CT molecular complexity index is 447. The van der Waals surface area contributed by atoms with Gasteiger partial charge in [-0.2, -0.15) is 11.8 Å². The maximum atomic E-state index is 11.5. The molecule has 2 aliphatic carbocycles. The van der Waals surface area contributed by atoms with Crippen molar-refractivity contribution in [3.05, 3.63) is 0 Å². The van der Waals surface area contributed by atoms with Crippen molar-refractivity contribution < 1.29 is 18.3 Å². The molecule has 0 radical (unpaired) electrons. The lowest BCUT2D eigenvalue weighted by atomic mass is 9.98. The van der Waals surface area contributed by atoms with E-state index < -0.39 is 21.3 Å². The first-order valence-corrected chi connectivity index (χ1v) is 9.72. The Hall–Kier alpha value is -0.270. The SMILES string of the molecule is CS(=O)(=O)CCSC1CCC(NC2CC2)(C(=O)O)C1. The van der Waals surface area contributed by atoms with Crippen LogP contribution in [0.2, 0.25) is 0 Å². The van der Waals surface area contributed by atoms with Crippen molar-refractivity contribution in [1.82, 2.24) is 5.32 Å². The first kappa shape index (κ1) is 15.1. The highest BCUT2D eigenvalue weighted by Crippen LogP contribution is 2.39. The van der Waals surface area contributed by atoms with Crippen LogP contribution in [0.5, 0.6) is 0 Å². The summed E-state index contributed by atoms with van der Waals surface area (Å²) in [4.78, 5) is 11.5. The van der Waals surface area contributed by atoms with Gasteiger partial charge in [-0.3, -0.25) is 10.1 Å². The zero-order valence-electron chi connectivity index (χ0n) is 11.1. The summed E-state index contributed by atoms with van der Waals surface area (Å²) in [7, 11) is -2.92. The van der Waals surface area contributed by atoms with Gasteiger partial charge in [-0.05, 0) is 32.1 Å². The summed E-state index contributed by atoms with van der Waals surface area (Å²) in [5.41, 5.74) is -0.774. The van der Waals surface area contributed by atoms with Crippen molar-refractivity contribution >= 4 is 27.6 Å². The molecule has 0 bridgehead atoms. The maximum Gasteiger partial charge on any atom is 0.323 e. The monoisotopic (exact) mass is 307 g/mol. The molecule has 0 saturated heterocycles. The second-order valence-corrected chi connectivity index (χ2v) is 9.34. The van der Waals surface area contributed by atoms with Crippen LogP contribution in [0.15, 0.2) is 0 Å². The van der Waals surface area contributed by atoms with Crippen LogP contribution in [0.1, 0.15) is 32.1 Å². The quantitative estimate of drug-likeness (QED) is 0.727. The average Bonchev–Trinajstić information content (AvgIpc) is 2.97. The van der Waals surface area contributed by atoms with Crippen molar-refractivity contribution in [2.45, 2.75) is 48.9 Å². The summed E-state index contributed by atoms with van der Waals surface area (Å²) in [6.07, 6.45) is 5.48. The van der Waals surface area contributed by atoms with Gasteiger partial charge in [0, 0.05) is 23.3 Å². The molecule has 0 aromatic carbocycles.